The fourth-order valence-electron chi connectivity index (χ4n) is 3.02. The van der Waals surface area contributed by atoms with Crippen LogP contribution in [0.2, 0.25) is 0 Å². The fourth-order valence-corrected chi connectivity index (χ4v) is 3.02. The Kier molecular flexibility index (Phi) is 4.83. The van der Waals surface area contributed by atoms with E-state index in [4.69, 9.17) is 0 Å². The van der Waals surface area contributed by atoms with Crippen LogP contribution in [0.15, 0.2) is 54.9 Å². The first kappa shape index (κ1) is 20.6. The molecule has 0 radical (unpaired) electrons. The maximum Gasteiger partial charge on any atom is 0.416 e. The molecule has 5 nitrogen and oxygen atoms in total. The number of anilines is 2. The Morgan fingerprint density at radius 2 is 1.48 bits per heavy atom. The minimum absolute atomic E-state index is 0.0157. The highest BCUT2D eigenvalue weighted by Gasteiger charge is 2.31. The Hall–Kier alpha value is -3.63. The fraction of sp³-hybridized carbons (Fsp3) is 0.150. The summed E-state index contributed by atoms with van der Waals surface area (Å²) in [5, 5.41) is 2.71. The molecule has 31 heavy (non-hydrogen) atoms. The van der Waals surface area contributed by atoms with Gasteiger partial charge in [-0.05, 0) is 43.3 Å². The number of nitrogens with one attached hydrogen (secondary N) is 1. The van der Waals surface area contributed by atoms with Gasteiger partial charge in [-0.15, -0.1) is 0 Å². The maximum atomic E-state index is 13.1. The van der Waals surface area contributed by atoms with Crippen molar-refractivity contribution in [1.82, 2.24) is 19.5 Å². The Balaban J connectivity index is 1.76. The molecule has 4 rings (SSSR count). The van der Waals surface area contributed by atoms with Gasteiger partial charge in [0.2, 0.25) is 5.95 Å². The van der Waals surface area contributed by atoms with Crippen LogP contribution in [0.25, 0.3) is 16.9 Å². The molecule has 0 saturated carbocycles. The quantitative estimate of drug-likeness (QED) is 0.405. The number of hydrogen-bond donors (Lipinski definition) is 1. The molecular formula is C20H13F6N5. The minimum atomic E-state index is -4.52. The molecule has 0 unspecified atom stereocenters. The SMILES string of the molecule is Cc1nc(Nc2cccc(C(F)(F)F)c2)nc2c1ncn2-c1cccc(C(F)(F)F)c1. The van der Waals surface area contributed by atoms with Gasteiger partial charge >= 0.3 is 12.4 Å². The summed E-state index contributed by atoms with van der Waals surface area (Å²) in [5.41, 5.74) is -0.415. The molecule has 2 aromatic carbocycles. The summed E-state index contributed by atoms with van der Waals surface area (Å²) < 4.78 is 79.4. The molecule has 160 valence electrons. The van der Waals surface area contributed by atoms with Crippen LogP contribution in [0.4, 0.5) is 38.0 Å². The standard InChI is InChI=1S/C20H13F6N5/c1-11-16-17(31(10-27-16)15-7-3-5-13(9-15)20(24,25)26)30-18(28-11)29-14-6-2-4-12(8-14)19(21,22)23/h2-10H,1H3,(H,28,29,30). The second-order valence-corrected chi connectivity index (χ2v) is 6.67. The van der Waals surface area contributed by atoms with E-state index in [0.29, 0.717) is 11.2 Å². The second kappa shape index (κ2) is 7.25. The summed E-state index contributed by atoms with van der Waals surface area (Å²) in [6.45, 7) is 1.62. The van der Waals surface area contributed by atoms with Gasteiger partial charge in [0.15, 0.2) is 5.65 Å². The number of fused-ring (bicyclic) bond motifs is 1. The Morgan fingerprint density at radius 1 is 0.839 bits per heavy atom. The summed E-state index contributed by atoms with van der Waals surface area (Å²) in [6.07, 6.45) is -7.72. The highest BCUT2D eigenvalue weighted by atomic mass is 19.4. The summed E-state index contributed by atoms with van der Waals surface area (Å²) in [7, 11) is 0. The number of aryl methyl sites for hydroxylation is 1. The number of nitrogens with zero attached hydrogens (tertiary/aromatic N) is 4. The van der Waals surface area contributed by atoms with E-state index in [-0.39, 0.29) is 23.0 Å². The van der Waals surface area contributed by atoms with Crippen LogP contribution in [0.1, 0.15) is 16.8 Å². The topological polar surface area (TPSA) is 55.6 Å². The minimum Gasteiger partial charge on any atom is -0.324 e. The van der Waals surface area contributed by atoms with Crippen molar-refractivity contribution in [2.45, 2.75) is 19.3 Å². The zero-order valence-electron chi connectivity index (χ0n) is 15.8. The van der Waals surface area contributed by atoms with Gasteiger partial charge in [0, 0.05) is 11.4 Å². The van der Waals surface area contributed by atoms with Gasteiger partial charge in [-0.2, -0.15) is 31.3 Å². The van der Waals surface area contributed by atoms with Crippen molar-refractivity contribution >= 4 is 22.8 Å². The van der Waals surface area contributed by atoms with Crippen molar-refractivity contribution < 1.29 is 26.3 Å². The van der Waals surface area contributed by atoms with Gasteiger partial charge < -0.3 is 5.32 Å². The summed E-state index contributed by atoms with van der Waals surface area (Å²) >= 11 is 0. The Labute approximate surface area is 171 Å². The monoisotopic (exact) mass is 437 g/mol. The van der Waals surface area contributed by atoms with Crippen molar-refractivity contribution in [3.8, 4) is 5.69 Å². The molecule has 0 aliphatic carbocycles. The van der Waals surface area contributed by atoms with E-state index in [9.17, 15) is 26.3 Å². The lowest BCUT2D eigenvalue weighted by atomic mass is 10.2. The summed E-state index contributed by atoms with van der Waals surface area (Å²) in [5.74, 6) is -0.0157. The molecule has 4 aromatic rings. The predicted octanol–water partition coefficient (Wildman–Crippen LogP) is 5.91. The van der Waals surface area contributed by atoms with Crippen LogP contribution < -0.4 is 5.32 Å². The molecule has 0 spiro atoms. The first-order valence-electron chi connectivity index (χ1n) is 8.86. The second-order valence-electron chi connectivity index (χ2n) is 6.67. The molecular weight excluding hydrogens is 424 g/mol. The van der Waals surface area contributed by atoms with Crippen LogP contribution in [-0.2, 0) is 12.4 Å². The van der Waals surface area contributed by atoms with E-state index in [1.165, 1.54) is 35.2 Å². The first-order valence-corrected chi connectivity index (χ1v) is 8.86. The molecule has 0 fully saturated rings. The van der Waals surface area contributed by atoms with Crippen molar-refractivity contribution in [2.75, 3.05) is 5.32 Å². The molecule has 0 aliphatic rings. The number of benzene rings is 2. The third kappa shape index (κ3) is 4.16. The van der Waals surface area contributed by atoms with Gasteiger partial charge in [0.05, 0.1) is 16.8 Å². The van der Waals surface area contributed by atoms with E-state index >= 15 is 0 Å². The van der Waals surface area contributed by atoms with Gasteiger partial charge in [-0.1, -0.05) is 12.1 Å². The van der Waals surface area contributed by atoms with Crippen LogP contribution in [-0.4, -0.2) is 19.5 Å². The van der Waals surface area contributed by atoms with Gasteiger partial charge in [-0.3, -0.25) is 4.57 Å². The van der Waals surface area contributed by atoms with Crippen LogP contribution in [0.3, 0.4) is 0 Å². The summed E-state index contributed by atoms with van der Waals surface area (Å²) in [4.78, 5) is 12.6. The van der Waals surface area contributed by atoms with E-state index in [0.717, 1.165) is 24.3 Å². The molecule has 0 amide bonds. The Morgan fingerprint density at radius 3 is 2.16 bits per heavy atom. The lowest BCUT2D eigenvalue weighted by Gasteiger charge is -2.11. The molecule has 1 N–H and O–H groups in total. The van der Waals surface area contributed by atoms with Crippen molar-refractivity contribution in [3.63, 3.8) is 0 Å². The highest BCUT2D eigenvalue weighted by Crippen LogP contribution is 2.32. The third-order valence-electron chi connectivity index (χ3n) is 4.47. The van der Waals surface area contributed by atoms with Crippen LogP contribution in [0.5, 0.6) is 0 Å². The van der Waals surface area contributed by atoms with Gasteiger partial charge in [0.1, 0.15) is 11.8 Å². The van der Waals surface area contributed by atoms with E-state index in [2.05, 4.69) is 20.3 Å². The number of imidazole rings is 1. The number of hydrogen-bond acceptors (Lipinski definition) is 4. The molecule has 11 heteroatoms. The lowest BCUT2D eigenvalue weighted by molar-refractivity contribution is -0.138. The van der Waals surface area contributed by atoms with E-state index in [1.807, 2.05) is 0 Å². The van der Waals surface area contributed by atoms with Crippen molar-refractivity contribution in [1.29, 1.82) is 0 Å². The highest BCUT2D eigenvalue weighted by molar-refractivity contribution is 5.77. The van der Waals surface area contributed by atoms with E-state index in [1.54, 1.807) is 6.92 Å². The van der Waals surface area contributed by atoms with Crippen molar-refractivity contribution in [3.05, 3.63) is 71.7 Å². The number of halogens is 6. The number of rotatable bonds is 3. The normalized spacial score (nSPS) is 12.4. The first-order chi connectivity index (χ1) is 14.5. The number of alkyl halides is 6. The molecule has 0 atom stereocenters. The zero-order chi connectivity index (χ0) is 22.4. The average Bonchev–Trinajstić information content (AvgIpc) is 3.11. The summed E-state index contributed by atoms with van der Waals surface area (Å²) in [6, 6.07) is 9.14. The molecule has 0 bridgehead atoms. The van der Waals surface area contributed by atoms with Gasteiger partial charge in [-0.25, -0.2) is 9.97 Å². The molecule has 0 saturated heterocycles. The van der Waals surface area contributed by atoms with Gasteiger partial charge in [0.25, 0.3) is 0 Å². The number of aromatic nitrogens is 4. The predicted molar refractivity (Wildman–Crippen MR) is 101 cm³/mol. The molecule has 2 aromatic heterocycles. The third-order valence-corrected chi connectivity index (χ3v) is 4.47. The van der Waals surface area contributed by atoms with Crippen LogP contribution >= 0.6 is 0 Å². The zero-order valence-corrected chi connectivity index (χ0v) is 15.8. The molecule has 2 heterocycles. The average molecular weight is 437 g/mol. The smallest absolute Gasteiger partial charge is 0.324 e. The largest absolute Gasteiger partial charge is 0.416 e. The van der Waals surface area contributed by atoms with Crippen molar-refractivity contribution in [2.24, 2.45) is 0 Å². The maximum absolute atomic E-state index is 13.1. The Bertz CT molecular complexity index is 1260. The lowest BCUT2D eigenvalue weighted by Crippen LogP contribution is -2.07. The van der Waals surface area contributed by atoms with Crippen LogP contribution in [0, 0.1) is 6.92 Å². The van der Waals surface area contributed by atoms with E-state index < -0.39 is 23.5 Å². The molecule has 0 aliphatic heterocycles.